The fourth-order valence-corrected chi connectivity index (χ4v) is 1.59. The summed E-state index contributed by atoms with van der Waals surface area (Å²) in [6.45, 7) is -0.250. The van der Waals surface area contributed by atoms with E-state index >= 15 is 0 Å². The molecule has 0 radical (unpaired) electrons. The summed E-state index contributed by atoms with van der Waals surface area (Å²) in [7, 11) is 0. The number of fused-ring (bicyclic) bond motifs is 1. The monoisotopic (exact) mass is 185 g/mol. The molecule has 0 bridgehead atoms. The molecule has 0 amide bonds. The van der Waals surface area contributed by atoms with Crippen LogP contribution >= 0.6 is 0 Å². The molecule has 0 aromatic carbocycles. The van der Waals surface area contributed by atoms with E-state index in [2.05, 4.69) is 41.1 Å². The van der Waals surface area contributed by atoms with Crippen LogP contribution in [-0.2, 0) is 4.79 Å². The Bertz CT molecular complexity index is 397. The summed E-state index contributed by atoms with van der Waals surface area (Å²) in [6.07, 6.45) is 4.17. The van der Waals surface area contributed by atoms with Gasteiger partial charge in [-0.25, -0.2) is 0 Å². The molecule has 0 atom stereocenters. The number of carbonyl (C=O) groups is 1. The van der Waals surface area contributed by atoms with Crippen LogP contribution in [0.25, 0.3) is 5.52 Å². The van der Waals surface area contributed by atoms with Gasteiger partial charge >= 0.3 is 77.3 Å². The normalized spacial score (nSPS) is 9.08. The first kappa shape index (κ1) is 10.3. The van der Waals surface area contributed by atoms with Crippen molar-refractivity contribution in [2.24, 2.45) is 0 Å². The second-order valence-corrected chi connectivity index (χ2v) is 3.80. The molecule has 2 aromatic heterocycles. The molecule has 2 aromatic rings. The van der Waals surface area contributed by atoms with E-state index in [-0.39, 0.29) is 6.47 Å². The van der Waals surface area contributed by atoms with Gasteiger partial charge in [0.25, 0.3) is 6.47 Å². The van der Waals surface area contributed by atoms with Gasteiger partial charge < -0.3 is 5.11 Å². The maximum atomic E-state index is 8.36. The van der Waals surface area contributed by atoms with Crippen LogP contribution < -0.4 is 2.81 Å². The van der Waals surface area contributed by atoms with Crippen molar-refractivity contribution >= 4 is 42.7 Å². The van der Waals surface area contributed by atoms with Crippen molar-refractivity contribution < 1.29 is 9.90 Å². The Morgan fingerprint density at radius 2 is 2.08 bits per heavy atom. The number of pyridine rings is 1. The third-order valence-corrected chi connectivity index (χ3v) is 2.31. The second kappa shape index (κ2) is 5.07. The summed E-state index contributed by atoms with van der Waals surface area (Å²) < 4.78 is 3.58. The summed E-state index contributed by atoms with van der Waals surface area (Å²) in [5.74, 6) is 0. The van der Waals surface area contributed by atoms with Gasteiger partial charge in [0, 0.05) is 0 Å². The summed E-state index contributed by atoms with van der Waals surface area (Å²) in [5.41, 5.74) is 1.30. The molecule has 4 heteroatoms. The number of nitrogens with zero attached hydrogens (tertiary/aromatic N) is 1. The number of hydrogen-bond acceptors (Lipinski definition) is 1. The SMILES string of the molecule is O=CO.[Na][c]1ccn2cccc2c1. The van der Waals surface area contributed by atoms with E-state index in [4.69, 9.17) is 9.90 Å². The molecule has 0 spiro atoms. The van der Waals surface area contributed by atoms with E-state index in [1.165, 1.54) is 8.33 Å². The Balaban J connectivity index is 0.000000251. The molecular weight excluding hydrogens is 177 g/mol. The van der Waals surface area contributed by atoms with Gasteiger partial charge in [-0.05, 0) is 0 Å². The summed E-state index contributed by atoms with van der Waals surface area (Å²) >= 11 is 1.14. The first-order valence-electron chi connectivity index (χ1n) is 3.89. The molecule has 3 nitrogen and oxygen atoms in total. The molecular formula is C9H8NNaO2. The summed E-state index contributed by atoms with van der Waals surface area (Å²) in [4.78, 5) is 8.36. The molecule has 0 aliphatic heterocycles. The maximum absolute atomic E-state index is 8.36. The fourth-order valence-electron chi connectivity index (χ4n) is 1.14. The summed E-state index contributed by atoms with van der Waals surface area (Å²) in [5, 5.41) is 6.89. The van der Waals surface area contributed by atoms with Crippen LogP contribution in [0.3, 0.4) is 0 Å². The van der Waals surface area contributed by atoms with Crippen molar-refractivity contribution in [2.45, 2.75) is 0 Å². The van der Waals surface area contributed by atoms with Crippen LogP contribution in [0.1, 0.15) is 0 Å². The van der Waals surface area contributed by atoms with Crippen molar-refractivity contribution in [3.05, 3.63) is 36.7 Å². The van der Waals surface area contributed by atoms with Gasteiger partial charge in [-0.2, -0.15) is 0 Å². The molecule has 0 fully saturated rings. The zero-order chi connectivity index (χ0) is 9.68. The van der Waals surface area contributed by atoms with Gasteiger partial charge in [0.05, 0.1) is 0 Å². The van der Waals surface area contributed by atoms with Crippen molar-refractivity contribution in [2.75, 3.05) is 0 Å². The Kier molecular flexibility index (Phi) is 4.02. The van der Waals surface area contributed by atoms with Crippen molar-refractivity contribution in [3.8, 4) is 0 Å². The Hall–Kier alpha value is -0.770. The van der Waals surface area contributed by atoms with Gasteiger partial charge in [-0.1, -0.05) is 0 Å². The zero-order valence-electron chi connectivity index (χ0n) is 7.34. The Morgan fingerprint density at radius 1 is 1.38 bits per heavy atom. The van der Waals surface area contributed by atoms with Crippen molar-refractivity contribution in [1.82, 2.24) is 4.40 Å². The number of aromatic nitrogens is 1. The average Bonchev–Trinajstić information content (AvgIpc) is 2.52. The predicted molar refractivity (Wildman–Crippen MR) is 51.5 cm³/mol. The predicted octanol–water partition coefficient (Wildman–Crippen LogP) is 0.434. The molecule has 0 aliphatic carbocycles. The molecule has 2 rings (SSSR count). The minimum atomic E-state index is -0.250. The van der Waals surface area contributed by atoms with E-state index in [0.717, 1.165) is 27.9 Å². The van der Waals surface area contributed by atoms with E-state index in [1.54, 1.807) is 0 Å². The van der Waals surface area contributed by atoms with Crippen molar-refractivity contribution in [1.29, 1.82) is 0 Å². The second-order valence-electron chi connectivity index (χ2n) is 2.65. The van der Waals surface area contributed by atoms with Crippen LogP contribution in [-0.4, -0.2) is 43.9 Å². The van der Waals surface area contributed by atoms with Gasteiger partial charge in [-0.3, -0.25) is 4.79 Å². The van der Waals surface area contributed by atoms with Gasteiger partial charge in [0.2, 0.25) is 0 Å². The van der Waals surface area contributed by atoms with Crippen LogP contribution in [0.4, 0.5) is 0 Å². The molecule has 0 aliphatic rings. The van der Waals surface area contributed by atoms with Gasteiger partial charge in [0.1, 0.15) is 0 Å². The van der Waals surface area contributed by atoms with E-state index < -0.39 is 0 Å². The quantitative estimate of drug-likeness (QED) is 0.477. The number of hydrogen-bond donors (Lipinski definition) is 1. The van der Waals surface area contributed by atoms with Crippen molar-refractivity contribution in [3.63, 3.8) is 0 Å². The first-order chi connectivity index (χ1) is 6.27. The minimum absolute atomic E-state index is 0.250. The van der Waals surface area contributed by atoms with E-state index in [0.29, 0.717) is 0 Å². The average molecular weight is 185 g/mol. The molecule has 0 saturated heterocycles. The number of carboxylic acid groups (broad SMARTS) is 1. The topological polar surface area (TPSA) is 41.7 Å². The van der Waals surface area contributed by atoms with Crippen LogP contribution in [0, 0.1) is 0 Å². The van der Waals surface area contributed by atoms with Crippen LogP contribution in [0.5, 0.6) is 0 Å². The van der Waals surface area contributed by atoms with Gasteiger partial charge in [-0.15, -0.1) is 0 Å². The molecule has 1 N–H and O–H groups in total. The molecule has 13 heavy (non-hydrogen) atoms. The zero-order valence-corrected chi connectivity index (χ0v) is 9.34. The third kappa shape index (κ3) is 2.88. The van der Waals surface area contributed by atoms with Crippen LogP contribution in [0.2, 0.25) is 0 Å². The molecule has 0 unspecified atom stereocenters. The molecule has 62 valence electrons. The number of rotatable bonds is 0. The van der Waals surface area contributed by atoms with E-state index in [9.17, 15) is 0 Å². The Morgan fingerprint density at radius 3 is 2.77 bits per heavy atom. The van der Waals surface area contributed by atoms with Gasteiger partial charge in [0.15, 0.2) is 0 Å². The van der Waals surface area contributed by atoms with Crippen LogP contribution in [0.15, 0.2) is 36.7 Å². The fraction of sp³-hybridized carbons (Fsp3) is 0. The third-order valence-electron chi connectivity index (χ3n) is 1.69. The molecule has 2 heterocycles. The standard InChI is InChI=1S/C8H6N.CH2O2.Na/c1-2-6-9-7-3-5-8(9)4-1;2-1-3;/h2-7H;1H,(H,2,3);. The van der Waals surface area contributed by atoms with E-state index in [1.807, 2.05) is 0 Å². The first-order valence-corrected chi connectivity index (χ1v) is 4.89. The molecule has 0 saturated carbocycles. The Labute approximate surface area is 93.4 Å². The summed E-state index contributed by atoms with van der Waals surface area (Å²) in [6, 6.07) is 8.59.